The van der Waals surface area contributed by atoms with Gasteiger partial charge >= 0.3 is 12.1 Å². The second-order valence-electron chi connectivity index (χ2n) is 4.08. The van der Waals surface area contributed by atoms with E-state index in [1.54, 1.807) is 6.92 Å². The number of esters is 1. The summed E-state index contributed by atoms with van der Waals surface area (Å²) in [7, 11) is 0. The maximum Gasteiger partial charge on any atom is 0.417 e. The van der Waals surface area contributed by atoms with E-state index in [-0.39, 0.29) is 28.2 Å². The quantitative estimate of drug-likeness (QED) is 0.728. The van der Waals surface area contributed by atoms with Gasteiger partial charge in [0, 0.05) is 10.0 Å². The SMILES string of the molecule is CCOC(=O)c1ccc(-c2ccc(Br)c(C(F)(F)F)c2)o1. The smallest absolute Gasteiger partial charge is 0.417 e. The predicted octanol–water partition coefficient (Wildman–Crippen LogP) is 4.90. The van der Waals surface area contributed by atoms with Crippen molar-refractivity contribution in [3.05, 3.63) is 46.1 Å². The molecule has 21 heavy (non-hydrogen) atoms. The van der Waals surface area contributed by atoms with Crippen molar-refractivity contribution in [1.82, 2.24) is 0 Å². The maximum atomic E-state index is 12.8. The van der Waals surface area contributed by atoms with Gasteiger partial charge in [-0.2, -0.15) is 13.2 Å². The van der Waals surface area contributed by atoms with Crippen LogP contribution in [-0.4, -0.2) is 12.6 Å². The van der Waals surface area contributed by atoms with Gasteiger partial charge in [0.25, 0.3) is 0 Å². The topological polar surface area (TPSA) is 39.4 Å². The molecule has 1 aromatic heterocycles. The molecule has 3 nitrogen and oxygen atoms in total. The molecule has 0 aliphatic carbocycles. The molecule has 0 unspecified atom stereocenters. The largest absolute Gasteiger partial charge is 0.460 e. The summed E-state index contributed by atoms with van der Waals surface area (Å²) in [5.74, 6) is -0.545. The van der Waals surface area contributed by atoms with Gasteiger partial charge in [0.05, 0.1) is 12.2 Å². The summed E-state index contributed by atoms with van der Waals surface area (Å²) in [6.07, 6.45) is -4.48. The standard InChI is InChI=1S/C14H10BrF3O3/c1-2-20-13(19)12-6-5-11(21-12)8-3-4-10(15)9(7-8)14(16,17)18/h3-7H,2H2,1H3. The lowest BCUT2D eigenvalue weighted by molar-refractivity contribution is -0.138. The highest BCUT2D eigenvalue weighted by Gasteiger charge is 2.33. The number of benzene rings is 1. The van der Waals surface area contributed by atoms with Gasteiger partial charge in [-0.3, -0.25) is 0 Å². The fourth-order valence-electron chi connectivity index (χ4n) is 1.70. The van der Waals surface area contributed by atoms with Crippen molar-refractivity contribution in [3.8, 4) is 11.3 Å². The minimum absolute atomic E-state index is 0.0525. The lowest BCUT2D eigenvalue weighted by Gasteiger charge is -2.10. The number of ether oxygens (including phenoxy) is 1. The van der Waals surface area contributed by atoms with Crippen LogP contribution in [-0.2, 0) is 10.9 Å². The van der Waals surface area contributed by atoms with Gasteiger partial charge in [-0.05, 0) is 31.2 Å². The molecule has 1 aromatic carbocycles. The van der Waals surface area contributed by atoms with E-state index in [9.17, 15) is 18.0 Å². The lowest BCUT2D eigenvalue weighted by Crippen LogP contribution is -2.06. The molecule has 0 radical (unpaired) electrons. The Morgan fingerprint density at radius 2 is 2.00 bits per heavy atom. The van der Waals surface area contributed by atoms with Gasteiger partial charge in [0.2, 0.25) is 5.76 Å². The third-order valence-corrected chi connectivity index (χ3v) is 3.33. The molecule has 0 aliphatic heterocycles. The minimum atomic E-state index is -4.48. The molecular formula is C14H10BrF3O3. The van der Waals surface area contributed by atoms with Crippen molar-refractivity contribution in [2.24, 2.45) is 0 Å². The number of alkyl halides is 3. The minimum Gasteiger partial charge on any atom is -0.460 e. The Morgan fingerprint density at radius 1 is 1.29 bits per heavy atom. The molecule has 0 amide bonds. The van der Waals surface area contributed by atoms with Crippen LogP contribution < -0.4 is 0 Å². The Balaban J connectivity index is 2.37. The van der Waals surface area contributed by atoms with E-state index in [1.165, 1.54) is 24.3 Å². The summed E-state index contributed by atoms with van der Waals surface area (Å²) in [4.78, 5) is 11.5. The van der Waals surface area contributed by atoms with Crippen molar-refractivity contribution in [3.63, 3.8) is 0 Å². The van der Waals surface area contributed by atoms with Crippen molar-refractivity contribution >= 4 is 21.9 Å². The van der Waals surface area contributed by atoms with Gasteiger partial charge in [-0.25, -0.2) is 4.79 Å². The van der Waals surface area contributed by atoms with E-state index < -0.39 is 17.7 Å². The highest BCUT2D eigenvalue weighted by molar-refractivity contribution is 9.10. The molecule has 0 N–H and O–H groups in total. The lowest BCUT2D eigenvalue weighted by atomic mass is 10.1. The molecule has 0 bridgehead atoms. The van der Waals surface area contributed by atoms with Crippen molar-refractivity contribution in [1.29, 1.82) is 0 Å². The first-order chi connectivity index (χ1) is 9.82. The number of rotatable bonds is 3. The summed E-state index contributed by atoms with van der Waals surface area (Å²) < 4.78 is 48.5. The van der Waals surface area contributed by atoms with Gasteiger partial charge < -0.3 is 9.15 Å². The van der Waals surface area contributed by atoms with E-state index in [0.717, 1.165) is 6.07 Å². The predicted molar refractivity (Wildman–Crippen MR) is 72.8 cm³/mol. The first kappa shape index (κ1) is 15.6. The molecule has 0 saturated heterocycles. The third kappa shape index (κ3) is 3.47. The van der Waals surface area contributed by atoms with Gasteiger partial charge in [-0.15, -0.1) is 0 Å². The molecular weight excluding hydrogens is 353 g/mol. The van der Waals surface area contributed by atoms with E-state index in [0.29, 0.717) is 0 Å². The summed E-state index contributed by atoms with van der Waals surface area (Å²) >= 11 is 2.86. The van der Waals surface area contributed by atoms with Crippen LogP contribution in [0.15, 0.2) is 39.2 Å². The van der Waals surface area contributed by atoms with Crippen molar-refractivity contribution in [2.75, 3.05) is 6.61 Å². The highest BCUT2D eigenvalue weighted by atomic mass is 79.9. The average Bonchev–Trinajstić information content (AvgIpc) is 2.88. The Bertz CT molecular complexity index is 662. The fourth-order valence-corrected chi connectivity index (χ4v) is 2.17. The van der Waals surface area contributed by atoms with Gasteiger partial charge in [-0.1, -0.05) is 22.0 Å². The number of hydrogen-bond acceptors (Lipinski definition) is 3. The van der Waals surface area contributed by atoms with Gasteiger partial charge in [0.15, 0.2) is 0 Å². The first-order valence-electron chi connectivity index (χ1n) is 5.97. The number of halogens is 4. The van der Waals surface area contributed by atoms with Crippen LogP contribution in [0, 0.1) is 0 Å². The Hall–Kier alpha value is -1.76. The molecule has 0 atom stereocenters. The van der Waals surface area contributed by atoms with Crippen molar-refractivity contribution < 1.29 is 27.1 Å². The first-order valence-corrected chi connectivity index (χ1v) is 6.76. The molecule has 0 aliphatic rings. The average molecular weight is 363 g/mol. The molecule has 0 fully saturated rings. The summed E-state index contributed by atoms with van der Waals surface area (Å²) in [6, 6.07) is 6.49. The summed E-state index contributed by atoms with van der Waals surface area (Å²) in [5.41, 5.74) is -0.588. The van der Waals surface area contributed by atoms with Crippen LogP contribution in [0.1, 0.15) is 23.0 Å². The van der Waals surface area contributed by atoms with E-state index in [4.69, 9.17) is 9.15 Å². The Kier molecular flexibility index (Phi) is 4.41. The number of carbonyl (C=O) groups excluding carboxylic acids is 1. The molecule has 7 heteroatoms. The van der Waals surface area contributed by atoms with E-state index in [1.807, 2.05) is 0 Å². The Labute approximate surface area is 126 Å². The fraction of sp³-hybridized carbons (Fsp3) is 0.214. The van der Waals surface area contributed by atoms with Gasteiger partial charge in [0.1, 0.15) is 5.76 Å². The molecule has 0 spiro atoms. The Morgan fingerprint density at radius 3 is 2.62 bits per heavy atom. The monoisotopic (exact) mass is 362 g/mol. The normalized spacial score (nSPS) is 11.5. The number of furan rings is 1. The third-order valence-electron chi connectivity index (χ3n) is 2.64. The molecule has 1 heterocycles. The summed E-state index contributed by atoms with van der Waals surface area (Å²) in [5, 5.41) is 0. The summed E-state index contributed by atoms with van der Waals surface area (Å²) in [6.45, 7) is 1.83. The highest BCUT2D eigenvalue weighted by Crippen LogP contribution is 2.37. The zero-order valence-electron chi connectivity index (χ0n) is 10.8. The van der Waals surface area contributed by atoms with Crippen LogP contribution in [0.5, 0.6) is 0 Å². The molecule has 0 saturated carbocycles. The van der Waals surface area contributed by atoms with Crippen LogP contribution in [0.4, 0.5) is 13.2 Å². The van der Waals surface area contributed by atoms with Crippen LogP contribution >= 0.6 is 15.9 Å². The molecule has 2 aromatic rings. The van der Waals surface area contributed by atoms with Crippen LogP contribution in [0.25, 0.3) is 11.3 Å². The zero-order chi connectivity index (χ0) is 15.6. The maximum absolute atomic E-state index is 12.8. The second-order valence-corrected chi connectivity index (χ2v) is 4.93. The van der Waals surface area contributed by atoms with E-state index >= 15 is 0 Å². The van der Waals surface area contributed by atoms with Crippen LogP contribution in [0.3, 0.4) is 0 Å². The number of hydrogen-bond donors (Lipinski definition) is 0. The van der Waals surface area contributed by atoms with E-state index in [2.05, 4.69) is 15.9 Å². The second kappa shape index (κ2) is 5.93. The zero-order valence-corrected chi connectivity index (χ0v) is 12.4. The van der Waals surface area contributed by atoms with Crippen LogP contribution in [0.2, 0.25) is 0 Å². The number of carbonyl (C=O) groups is 1. The van der Waals surface area contributed by atoms with Crippen molar-refractivity contribution in [2.45, 2.75) is 13.1 Å². The molecule has 112 valence electrons. The molecule has 2 rings (SSSR count).